The van der Waals surface area contributed by atoms with Crippen molar-refractivity contribution < 1.29 is 9.18 Å². The Balaban J connectivity index is 1.74. The molecular formula is C24H25FN4O. The van der Waals surface area contributed by atoms with Crippen LogP contribution in [0.5, 0.6) is 0 Å². The van der Waals surface area contributed by atoms with Gasteiger partial charge in [-0.2, -0.15) is 5.26 Å². The van der Waals surface area contributed by atoms with Crippen molar-refractivity contribution >= 4 is 17.7 Å². The second-order valence-corrected chi connectivity index (χ2v) is 7.61. The van der Waals surface area contributed by atoms with Crippen molar-refractivity contribution in [3.8, 4) is 6.07 Å². The summed E-state index contributed by atoms with van der Waals surface area (Å²) in [6, 6.07) is 12.3. The van der Waals surface area contributed by atoms with Crippen molar-refractivity contribution in [2.45, 2.75) is 33.1 Å². The molecule has 1 aliphatic heterocycles. The topological polar surface area (TPSA) is 69.3 Å². The number of likely N-dealkylation sites (tertiary alicyclic amines) is 1. The third-order valence-electron chi connectivity index (χ3n) is 5.53. The molecule has 1 saturated heterocycles. The van der Waals surface area contributed by atoms with Gasteiger partial charge in [0.1, 0.15) is 5.82 Å². The molecule has 1 aliphatic rings. The molecule has 2 aromatic rings. The molecule has 0 saturated carbocycles. The quantitative estimate of drug-likeness (QED) is 0.681. The summed E-state index contributed by atoms with van der Waals surface area (Å²) in [5, 5.41) is 9.84. The minimum absolute atomic E-state index is 0.0837. The van der Waals surface area contributed by atoms with E-state index in [9.17, 15) is 14.4 Å². The summed E-state index contributed by atoms with van der Waals surface area (Å²) < 4.78 is 13.2. The van der Waals surface area contributed by atoms with Gasteiger partial charge in [-0.3, -0.25) is 14.8 Å². The van der Waals surface area contributed by atoms with E-state index in [1.807, 2.05) is 13.8 Å². The maximum atomic E-state index is 13.2. The molecule has 6 heteroatoms. The van der Waals surface area contributed by atoms with Crippen molar-refractivity contribution in [1.82, 2.24) is 9.88 Å². The van der Waals surface area contributed by atoms with Crippen LogP contribution in [-0.2, 0) is 6.42 Å². The molecule has 30 heavy (non-hydrogen) atoms. The Morgan fingerprint density at radius 3 is 2.63 bits per heavy atom. The number of pyridine rings is 1. The van der Waals surface area contributed by atoms with E-state index in [0.717, 1.165) is 11.1 Å². The Morgan fingerprint density at radius 2 is 2.00 bits per heavy atom. The Morgan fingerprint density at radius 1 is 1.30 bits per heavy atom. The van der Waals surface area contributed by atoms with Crippen LogP contribution in [0.4, 0.5) is 4.39 Å². The first kappa shape index (κ1) is 21.4. The number of nitriles is 1. The maximum absolute atomic E-state index is 13.2. The van der Waals surface area contributed by atoms with Gasteiger partial charge in [0.05, 0.1) is 22.7 Å². The lowest BCUT2D eigenvalue weighted by Crippen LogP contribution is -2.43. The van der Waals surface area contributed by atoms with Crippen LogP contribution in [0.3, 0.4) is 0 Å². The maximum Gasteiger partial charge on any atom is 0.256 e. The fraction of sp³-hybridized carbons (Fsp3) is 0.333. The average Bonchev–Trinajstić information content (AvgIpc) is 2.79. The minimum Gasteiger partial charge on any atom is -0.338 e. The zero-order chi connectivity index (χ0) is 21.6. The van der Waals surface area contributed by atoms with Crippen LogP contribution in [0.25, 0.3) is 5.57 Å². The molecule has 3 rings (SSSR count). The highest BCUT2D eigenvalue weighted by molar-refractivity contribution is 5.98. The fourth-order valence-corrected chi connectivity index (χ4v) is 3.77. The van der Waals surface area contributed by atoms with Crippen molar-refractivity contribution in [2.75, 3.05) is 13.1 Å². The van der Waals surface area contributed by atoms with Crippen LogP contribution in [0.2, 0.25) is 0 Å². The molecule has 1 fully saturated rings. The minimum atomic E-state index is -0.544. The second-order valence-electron chi connectivity index (χ2n) is 7.61. The highest BCUT2D eigenvalue weighted by atomic mass is 19.1. The summed E-state index contributed by atoms with van der Waals surface area (Å²) in [6.45, 7) is 4.71. The Kier molecular flexibility index (Phi) is 6.73. The van der Waals surface area contributed by atoms with Crippen molar-refractivity contribution in [3.63, 3.8) is 0 Å². The second kappa shape index (κ2) is 9.45. The highest BCUT2D eigenvalue weighted by Crippen LogP contribution is 2.35. The van der Waals surface area contributed by atoms with Crippen LogP contribution in [-0.4, -0.2) is 35.1 Å². The number of benzene rings is 1. The predicted molar refractivity (Wildman–Crippen MR) is 115 cm³/mol. The summed E-state index contributed by atoms with van der Waals surface area (Å²) in [4.78, 5) is 23.5. The predicted octanol–water partition coefficient (Wildman–Crippen LogP) is 4.66. The zero-order valence-electron chi connectivity index (χ0n) is 17.3. The summed E-state index contributed by atoms with van der Waals surface area (Å²) in [7, 11) is 0. The first-order valence-corrected chi connectivity index (χ1v) is 10.0. The first-order chi connectivity index (χ1) is 14.5. The number of rotatable bonds is 5. The van der Waals surface area contributed by atoms with Gasteiger partial charge in [-0.25, -0.2) is 4.39 Å². The molecule has 2 heterocycles. The number of carbonyl (C=O) groups is 1. The molecule has 1 aromatic heterocycles. The van der Waals surface area contributed by atoms with Crippen LogP contribution in [0.15, 0.2) is 53.8 Å². The number of amides is 1. The van der Waals surface area contributed by atoms with E-state index in [1.54, 1.807) is 47.8 Å². The number of aromatic nitrogens is 1. The SMILES string of the molecule is C/C=N\C=C(/C)c1ncccc1C(=O)N1CCC(C#N)(Cc2ccc(F)cc2)CC1. The highest BCUT2D eigenvalue weighted by Gasteiger charge is 2.37. The van der Waals surface area contributed by atoms with Crippen LogP contribution < -0.4 is 0 Å². The van der Waals surface area contributed by atoms with E-state index in [1.165, 1.54) is 12.1 Å². The monoisotopic (exact) mass is 404 g/mol. The molecule has 0 spiro atoms. The Bertz CT molecular complexity index is 997. The number of nitrogens with zero attached hydrogens (tertiary/aromatic N) is 4. The standard InChI is InChI=1S/C24H25FN4O/c1-3-27-16-18(2)22-21(5-4-12-28-22)23(30)29-13-10-24(17-26,11-14-29)15-19-6-8-20(25)9-7-19/h3-9,12,16H,10-11,13-15H2,1-2H3/b18-16+,27-3-. The number of piperidine rings is 1. The lowest BCUT2D eigenvalue weighted by Gasteiger charge is -2.37. The van der Waals surface area contributed by atoms with E-state index < -0.39 is 5.41 Å². The molecule has 5 nitrogen and oxygen atoms in total. The molecule has 1 aromatic carbocycles. The average molecular weight is 404 g/mol. The molecule has 0 unspecified atom stereocenters. The van der Waals surface area contributed by atoms with Crippen molar-refractivity contribution in [2.24, 2.45) is 10.4 Å². The van der Waals surface area contributed by atoms with Gasteiger partial charge in [0.15, 0.2) is 0 Å². The lowest BCUT2D eigenvalue weighted by molar-refractivity contribution is 0.0646. The molecule has 1 amide bonds. The Labute approximate surface area is 176 Å². The van der Waals surface area contributed by atoms with E-state index in [0.29, 0.717) is 43.6 Å². The van der Waals surface area contributed by atoms with Gasteiger partial charge >= 0.3 is 0 Å². The summed E-state index contributed by atoms with van der Waals surface area (Å²) >= 11 is 0. The van der Waals surface area contributed by atoms with Crippen LogP contribution in [0, 0.1) is 22.6 Å². The summed E-state index contributed by atoms with van der Waals surface area (Å²) in [6.07, 6.45) is 6.76. The molecular weight excluding hydrogens is 379 g/mol. The number of allylic oxidation sites excluding steroid dienone is 1. The van der Waals surface area contributed by atoms with E-state index in [2.05, 4.69) is 16.0 Å². The number of carbonyl (C=O) groups excluding carboxylic acids is 1. The van der Waals surface area contributed by atoms with Crippen molar-refractivity contribution in [3.05, 3.63) is 71.4 Å². The zero-order valence-corrected chi connectivity index (χ0v) is 17.3. The normalized spacial score (nSPS) is 16.5. The number of halogens is 1. The largest absolute Gasteiger partial charge is 0.338 e. The first-order valence-electron chi connectivity index (χ1n) is 10.0. The number of hydrogen-bond acceptors (Lipinski definition) is 4. The van der Waals surface area contributed by atoms with E-state index >= 15 is 0 Å². The number of hydrogen-bond donors (Lipinski definition) is 0. The lowest BCUT2D eigenvalue weighted by atomic mass is 9.75. The molecule has 0 radical (unpaired) electrons. The van der Waals surface area contributed by atoms with E-state index in [4.69, 9.17) is 0 Å². The van der Waals surface area contributed by atoms with Gasteiger partial charge in [-0.1, -0.05) is 12.1 Å². The molecule has 0 N–H and O–H groups in total. The third kappa shape index (κ3) is 4.80. The summed E-state index contributed by atoms with van der Waals surface area (Å²) in [5.41, 5.74) is 2.37. The van der Waals surface area contributed by atoms with Crippen molar-refractivity contribution in [1.29, 1.82) is 5.26 Å². The van der Waals surface area contributed by atoms with Gasteiger partial charge < -0.3 is 4.90 Å². The Hall–Kier alpha value is -3.33. The fourth-order valence-electron chi connectivity index (χ4n) is 3.77. The van der Waals surface area contributed by atoms with Crippen LogP contribution in [0.1, 0.15) is 48.3 Å². The van der Waals surface area contributed by atoms with E-state index in [-0.39, 0.29) is 11.7 Å². The summed E-state index contributed by atoms with van der Waals surface area (Å²) in [5.74, 6) is -0.369. The van der Waals surface area contributed by atoms with Gasteiger partial charge in [-0.15, -0.1) is 0 Å². The van der Waals surface area contributed by atoms with Crippen LogP contribution >= 0.6 is 0 Å². The third-order valence-corrected chi connectivity index (χ3v) is 5.53. The molecule has 154 valence electrons. The molecule has 0 atom stereocenters. The van der Waals surface area contributed by atoms with Gasteiger partial charge in [-0.05, 0) is 68.5 Å². The van der Waals surface area contributed by atoms with Gasteiger partial charge in [0.25, 0.3) is 5.91 Å². The van der Waals surface area contributed by atoms with Gasteiger partial charge in [0, 0.05) is 31.7 Å². The molecule has 0 aliphatic carbocycles. The van der Waals surface area contributed by atoms with Gasteiger partial charge in [0.2, 0.25) is 0 Å². The number of aliphatic imine (C=N–C) groups is 1. The molecule has 0 bridgehead atoms. The smallest absolute Gasteiger partial charge is 0.256 e.